The standard InChI is InChI=1S/C21H24FN3O3S/c22-15-4-5-16-17(12-15)28-10-9-25(16)19(27)14-21(6-2-1-3-7-21)13-18(26)24-20-23-8-11-29-20/h4-5,8,11-12H,1-3,6-7,9-10,13-14H2,(H,23,24,26). The summed E-state index contributed by atoms with van der Waals surface area (Å²) in [7, 11) is 0. The number of ether oxygens (including phenoxy) is 1. The van der Waals surface area contributed by atoms with Crippen LogP contribution >= 0.6 is 11.3 Å². The Morgan fingerprint density at radius 2 is 2.07 bits per heavy atom. The maximum absolute atomic E-state index is 13.5. The number of rotatable bonds is 5. The molecule has 0 atom stereocenters. The third-order valence-electron chi connectivity index (χ3n) is 5.74. The van der Waals surface area contributed by atoms with Crippen LogP contribution < -0.4 is 15.0 Å². The summed E-state index contributed by atoms with van der Waals surface area (Å²) in [6, 6.07) is 4.24. The molecule has 2 aliphatic rings. The minimum atomic E-state index is -0.388. The van der Waals surface area contributed by atoms with Crippen molar-refractivity contribution in [2.24, 2.45) is 5.41 Å². The van der Waals surface area contributed by atoms with Gasteiger partial charge in [0.25, 0.3) is 0 Å². The number of halogens is 1. The van der Waals surface area contributed by atoms with E-state index < -0.39 is 0 Å². The molecular weight excluding hydrogens is 393 g/mol. The topological polar surface area (TPSA) is 71.5 Å². The van der Waals surface area contributed by atoms with Gasteiger partial charge in [0.15, 0.2) is 5.13 Å². The third kappa shape index (κ3) is 4.58. The molecule has 1 aromatic heterocycles. The van der Waals surface area contributed by atoms with Gasteiger partial charge in [0.2, 0.25) is 11.8 Å². The molecule has 2 aromatic rings. The summed E-state index contributed by atoms with van der Waals surface area (Å²) < 4.78 is 19.0. The average Bonchev–Trinajstić information content (AvgIpc) is 3.20. The molecule has 0 unspecified atom stereocenters. The summed E-state index contributed by atoms with van der Waals surface area (Å²) in [5.41, 5.74) is 0.246. The van der Waals surface area contributed by atoms with Crippen LogP contribution in [0.4, 0.5) is 15.2 Å². The number of anilines is 2. The molecule has 8 heteroatoms. The zero-order chi connectivity index (χ0) is 20.3. The minimum absolute atomic E-state index is 0.0369. The van der Waals surface area contributed by atoms with Gasteiger partial charge in [-0.25, -0.2) is 9.37 Å². The fourth-order valence-electron chi connectivity index (χ4n) is 4.38. The molecule has 2 amide bonds. The Bertz CT molecular complexity index is 881. The molecule has 2 heterocycles. The highest BCUT2D eigenvalue weighted by molar-refractivity contribution is 7.13. The lowest BCUT2D eigenvalue weighted by Crippen LogP contribution is -2.42. The summed E-state index contributed by atoms with van der Waals surface area (Å²) in [4.78, 5) is 31.7. The Balaban J connectivity index is 1.49. The summed E-state index contributed by atoms with van der Waals surface area (Å²) >= 11 is 1.38. The van der Waals surface area contributed by atoms with Crippen molar-refractivity contribution >= 4 is 34.0 Å². The van der Waals surface area contributed by atoms with E-state index in [1.54, 1.807) is 17.2 Å². The van der Waals surface area contributed by atoms with E-state index in [0.29, 0.717) is 42.6 Å². The van der Waals surface area contributed by atoms with Gasteiger partial charge in [-0.05, 0) is 30.4 Å². The predicted molar refractivity (Wildman–Crippen MR) is 110 cm³/mol. The zero-order valence-corrected chi connectivity index (χ0v) is 17.0. The number of carbonyl (C=O) groups excluding carboxylic acids is 2. The van der Waals surface area contributed by atoms with Gasteiger partial charge in [0.1, 0.15) is 18.2 Å². The number of carbonyl (C=O) groups is 2. The van der Waals surface area contributed by atoms with Crippen molar-refractivity contribution in [3.63, 3.8) is 0 Å². The lowest BCUT2D eigenvalue weighted by Gasteiger charge is -2.38. The molecule has 1 saturated carbocycles. The second-order valence-corrected chi connectivity index (χ2v) is 8.70. The molecule has 0 bridgehead atoms. The highest BCUT2D eigenvalue weighted by Gasteiger charge is 2.38. The number of hydrogen-bond acceptors (Lipinski definition) is 5. The van der Waals surface area contributed by atoms with Gasteiger partial charge in [-0.3, -0.25) is 9.59 Å². The molecule has 29 heavy (non-hydrogen) atoms. The van der Waals surface area contributed by atoms with Crippen molar-refractivity contribution in [3.05, 3.63) is 35.6 Å². The SMILES string of the molecule is O=C(CC1(CC(=O)N2CCOc3cc(F)ccc32)CCCCC1)Nc1nccs1. The number of fused-ring (bicyclic) bond motifs is 1. The van der Waals surface area contributed by atoms with Crippen LogP contribution in [-0.2, 0) is 9.59 Å². The molecule has 0 spiro atoms. The Morgan fingerprint density at radius 3 is 2.83 bits per heavy atom. The normalized spacial score (nSPS) is 17.9. The molecule has 6 nitrogen and oxygen atoms in total. The van der Waals surface area contributed by atoms with Crippen molar-refractivity contribution in [2.45, 2.75) is 44.9 Å². The van der Waals surface area contributed by atoms with E-state index in [2.05, 4.69) is 10.3 Å². The monoisotopic (exact) mass is 417 g/mol. The fraction of sp³-hybridized carbons (Fsp3) is 0.476. The second-order valence-electron chi connectivity index (χ2n) is 7.81. The van der Waals surface area contributed by atoms with E-state index in [4.69, 9.17) is 4.74 Å². The fourth-order valence-corrected chi connectivity index (χ4v) is 4.92. The summed E-state index contributed by atoms with van der Waals surface area (Å²) in [6.45, 7) is 0.762. The van der Waals surface area contributed by atoms with Crippen molar-refractivity contribution < 1.29 is 18.7 Å². The first-order chi connectivity index (χ1) is 14.0. The lowest BCUT2D eigenvalue weighted by molar-refractivity contribution is -0.124. The zero-order valence-electron chi connectivity index (χ0n) is 16.2. The molecule has 1 N–H and O–H groups in total. The third-order valence-corrected chi connectivity index (χ3v) is 6.43. The van der Waals surface area contributed by atoms with Crippen molar-refractivity contribution in [1.29, 1.82) is 0 Å². The van der Waals surface area contributed by atoms with Gasteiger partial charge in [0, 0.05) is 30.5 Å². The molecule has 1 aliphatic carbocycles. The summed E-state index contributed by atoms with van der Waals surface area (Å²) in [6.07, 6.45) is 7.12. The van der Waals surface area contributed by atoms with E-state index in [-0.39, 0.29) is 23.0 Å². The van der Waals surface area contributed by atoms with Crippen LogP contribution in [0.2, 0.25) is 0 Å². The molecule has 4 rings (SSSR count). The Morgan fingerprint density at radius 1 is 1.24 bits per heavy atom. The van der Waals surface area contributed by atoms with Crippen molar-refractivity contribution in [3.8, 4) is 5.75 Å². The van der Waals surface area contributed by atoms with Crippen LogP contribution in [0.1, 0.15) is 44.9 Å². The maximum Gasteiger partial charge on any atom is 0.227 e. The lowest BCUT2D eigenvalue weighted by atomic mass is 9.69. The second kappa shape index (κ2) is 8.49. The number of amides is 2. The minimum Gasteiger partial charge on any atom is -0.489 e. The molecule has 1 fully saturated rings. The van der Waals surface area contributed by atoms with Crippen LogP contribution in [0.5, 0.6) is 5.75 Å². The number of thiazole rings is 1. The van der Waals surface area contributed by atoms with Gasteiger partial charge < -0.3 is 15.0 Å². The average molecular weight is 418 g/mol. The molecule has 1 aromatic carbocycles. The Hall–Kier alpha value is -2.48. The van der Waals surface area contributed by atoms with Gasteiger partial charge >= 0.3 is 0 Å². The molecular formula is C21H24FN3O3S. The Kier molecular flexibility index (Phi) is 5.80. The first kappa shape index (κ1) is 19.8. The van der Waals surface area contributed by atoms with Gasteiger partial charge in [-0.2, -0.15) is 0 Å². The molecule has 154 valence electrons. The van der Waals surface area contributed by atoms with Crippen molar-refractivity contribution in [1.82, 2.24) is 4.98 Å². The van der Waals surface area contributed by atoms with E-state index in [9.17, 15) is 14.0 Å². The van der Waals surface area contributed by atoms with Gasteiger partial charge in [-0.1, -0.05) is 19.3 Å². The molecule has 1 aliphatic heterocycles. The van der Waals surface area contributed by atoms with Crippen LogP contribution in [0.3, 0.4) is 0 Å². The first-order valence-electron chi connectivity index (χ1n) is 9.97. The van der Waals surface area contributed by atoms with E-state index in [1.165, 1.54) is 23.5 Å². The predicted octanol–water partition coefficient (Wildman–Crippen LogP) is 4.38. The van der Waals surface area contributed by atoms with E-state index in [1.807, 2.05) is 5.38 Å². The van der Waals surface area contributed by atoms with Gasteiger partial charge in [0.05, 0.1) is 12.2 Å². The Labute approximate surface area is 173 Å². The van der Waals surface area contributed by atoms with Gasteiger partial charge in [-0.15, -0.1) is 11.3 Å². The highest BCUT2D eigenvalue weighted by Crippen LogP contribution is 2.44. The molecule has 0 saturated heterocycles. The first-order valence-corrected chi connectivity index (χ1v) is 10.8. The van der Waals surface area contributed by atoms with Crippen LogP contribution in [0.15, 0.2) is 29.8 Å². The van der Waals surface area contributed by atoms with Crippen LogP contribution in [-0.4, -0.2) is 29.9 Å². The van der Waals surface area contributed by atoms with E-state index >= 15 is 0 Å². The summed E-state index contributed by atoms with van der Waals surface area (Å²) in [5, 5.41) is 5.24. The molecule has 0 radical (unpaired) electrons. The van der Waals surface area contributed by atoms with Crippen LogP contribution in [0, 0.1) is 11.2 Å². The number of nitrogens with zero attached hydrogens (tertiary/aromatic N) is 2. The van der Waals surface area contributed by atoms with Crippen LogP contribution in [0.25, 0.3) is 0 Å². The number of nitrogens with one attached hydrogen (secondary N) is 1. The smallest absolute Gasteiger partial charge is 0.227 e. The van der Waals surface area contributed by atoms with Crippen molar-refractivity contribution in [2.75, 3.05) is 23.4 Å². The number of benzene rings is 1. The number of aromatic nitrogens is 1. The summed E-state index contributed by atoms with van der Waals surface area (Å²) in [5.74, 6) is -0.131. The largest absolute Gasteiger partial charge is 0.489 e. The maximum atomic E-state index is 13.5. The highest BCUT2D eigenvalue weighted by atomic mass is 32.1. The number of hydrogen-bond donors (Lipinski definition) is 1. The quantitative estimate of drug-likeness (QED) is 0.784. The van der Waals surface area contributed by atoms with E-state index in [0.717, 1.165) is 32.1 Å².